The van der Waals surface area contributed by atoms with Crippen molar-refractivity contribution in [3.8, 4) is 11.3 Å². The predicted octanol–water partition coefficient (Wildman–Crippen LogP) is 6.29. The fourth-order valence-corrected chi connectivity index (χ4v) is 2.77. The van der Waals surface area contributed by atoms with Gasteiger partial charge in [-0.25, -0.2) is 0 Å². The van der Waals surface area contributed by atoms with E-state index in [1.165, 1.54) is 0 Å². The minimum Gasteiger partial charge on any atom is -0.384 e. The van der Waals surface area contributed by atoms with E-state index in [1.807, 2.05) is 30.3 Å². The second kappa shape index (κ2) is 10.7. The molecule has 7 heteroatoms. The van der Waals surface area contributed by atoms with Gasteiger partial charge in [0.25, 0.3) is 0 Å². The van der Waals surface area contributed by atoms with E-state index in [-0.39, 0.29) is 18.2 Å². The van der Waals surface area contributed by atoms with Crippen molar-refractivity contribution in [3.63, 3.8) is 0 Å². The van der Waals surface area contributed by atoms with Gasteiger partial charge in [-0.2, -0.15) is 5.10 Å². The van der Waals surface area contributed by atoms with Gasteiger partial charge in [0.15, 0.2) is 0 Å². The Morgan fingerprint density at radius 2 is 1.65 bits per heavy atom. The first-order valence-corrected chi connectivity index (χ1v) is 13.7. The summed E-state index contributed by atoms with van der Waals surface area (Å²) in [6, 6.07) is 14.6. The Kier molecular flexibility index (Phi) is 8.93. The van der Waals surface area contributed by atoms with Crippen molar-refractivity contribution in [2.75, 3.05) is 0 Å². The summed E-state index contributed by atoms with van der Waals surface area (Å²) in [6.45, 7) is 4.47. The van der Waals surface area contributed by atoms with Gasteiger partial charge in [0.2, 0.25) is 0 Å². The van der Waals surface area contributed by atoms with Crippen molar-refractivity contribution in [3.05, 3.63) is 75.9 Å². The summed E-state index contributed by atoms with van der Waals surface area (Å²) in [5.41, 5.74) is 2.88. The van der Waals surface area contributed by atoms with Gasteiger partial charge >= 0.3 is 18.2 Å². The second-order valence-electron chi connectivity index (χ2n) is 6.21. The Morgan fingerprint density at radius 3 is 2.19 bits per heavy atom. The van der Waals surface area contributed by atoms with Crippen LogP contribution in [0.15, 0.2) is 54.7 Å². The van der Waals surface area contributed by atoms with Crippen LogP contribution < -0.4 is 0 Å². The van der Waals surface area contributed by atoms with Gasteiger partial charge in [-0.3, -0.25) is 5.10 Å². The van der Waals surface area contributed by atoms with Crippen LogP contribution in [0, 0.1) is 0 Å². The van der Waals surface area contributed by atoms with E-state index < -0.39 is 6.10 Å². The van der Waals surface area contributed by atoms with E-state index in [9.17, 15) is 5.11 Å². The Labute approximate surface area is 179 Å². The van der Waals surface area contributed by atoms with E-state index in [1.54, 1.807) is 24.4 Å². The van der Waals surface area contributed by atoms with Gasteiger partial charge in [0.1, 0.15) is 6.10 Å². The maximum absolute atomic E-state index is 10.5. The average Bonchev–Trinajstić information content (AvgIpc) is 3.11. The number of rotatable bonds is 4. The molecule has 1 unspecified atom stereocenters. The first-order chi connectivity index (χ1) is 12.4. The molecular formula is C19H19BrCl2MgN2O. The summed E-state index contributed by atoms with van der Waals surface area (Å²) < 4.78 is 0.940. The van der Waals surface area contributed by atoms with Gasteiger partial charge in [0, 0.05) is 27.4 Å². The third-order valence-electron chi connectivity index (χ3n) is 3.52. The number of hydrogen-bond acceptors (Lipinski definition) is 2. The largest absolute Gasteiger partial charge is 0.471 e. The molecule has 2 aromatic carbocycles. The zero-order valence-electron chi connectivity index (χ0n) is 14.6. The topological polar surface area (TPSA) is 48.9 Å². The molecule has 0 aliphatic carbocycles. The lowest BCUT2D eigenvalue weighted by Crippen LogP contribution is -2.00. The first kappa shape index (κ1) is 21.7. The minimum absolute atomic E-state index is 0.161. The Balaban J connectivity index is 0.000000431. The van der Waals surface area contributed by atoms with Crippen LogP contribution in [0.1, 0.15) is 31.1 Å². The number of H-pyrrole nitrogens is 1. The van der Waals surface area contributed by atoms with Crippen molar-refractivity contribution < 1.29 is 5.11 Å². The van der Waals surface area contributed by atoms with Gasteiger partial charge in [-0.1, -0.05) is 67.4 Å². The highest BCUT2D eigenvalue weighted by Crippen LogP contribution is 2.32. The van der Waals surface area contributed by atoms with Crippen LogP contribution >= 0.6 is 36.1 Å². The van der Waals surface area contributed by atoms with E-state index in [0.29, 0.717) is 21.3 Å². The molecule has 1 atom stereocenters. The molecular weight excluding hydrogens is 447 g/mol. The van der Waals surface area contributed by atoms with Gasteiger partial charge in [-0.15, -0.1) is 4.05 Å². The maximum Gasteiger partial charge on any atom is 0.471 e. The van der Waals surface area contributed by atoms with Crippen LogP contribution in [0.3, 0.4) is 0 Å². The quantitative estimate of drug-likeness (QED) is 0.444. The zero-order chi connectivity index (χ0) is 19.1. The lowest BCUT2D eigenvalue weighted by molar-refractivity contribution is 0.221. The number of nitrogens with one attached hydrogen (secondary N) is 1. The maximum atomic E-state index is 10.5. The highest BCUT2D eigenvalue weighted by Gasteiger charge is 2.18. The Hall–Kier alpha value is -0.564. The molecule has 0 amide bonds. The number of aromatic amines is 1. The predicted molar refractivity (Wildman–Crippen MR) is 114 cm³/mol. The van der Waals surface area contributed by atoms with Crippen LogP contribution in [0.25, 0.3) is 11.3 Å². The van der Waals surface area contributed by atoms with Crippen LogP contribution in [-0.4, -0.2) is 33.5 Å². The third-order valence-corrected chi connectivity index (χ3v) is 8.46. The second-order valence-corrected chi connectivity index (χ2v) is 11.0. The number of aliphatic hydroxyl groups is 1. The molecule has 0 bridgehead atoms. The summed E-state index contributed by atoms with van der Waals surface area (Å²) in [7, 11) is 0. The molecule has 0 aliphatic heterocycles. The van der Waals surface area contributed by atoms with Crippen molar-refractivity contribution in [1.29, 1.82) is 0 Å². The lowest BCUT2D eigenvalue weighted by Gasteiger charge is -2.11. The van der Waals surface area contributed by atoms with E-state index >= 15 is 0 Å². The van der Waals surface area contributed by atoms with Crippen molar-refractivity contribution >= 4 is 54.3 Å². The van der Waals surface area contributed by atoms with E-state index in [0.717, 1.165) is 15.2 Å². The molecule has 2 N–H and O–H groups in total. The molecule has 1 aromatic heterocycles. The summed E-state index contributed by atoms with van der Waals surface area (Å²) in [4.78, 5) is 0. The monoisotopic (exact) mass is 464 g/mol. The van der Waals surface area contributed by atoms with E-state index in [2.05, 4.69) is 36.9 Å². The molecule has 0 saturated carbocycles. The number of hydrogen-bond donors (Lipinski definition) is 2. The number of nitrogens with zero attached hydrogens (tertiary/aromatic N) is 1. The molecule has 0 aliphatic rings. The first-order valence-electron chi connectivity index (χ1n) is 8.21. The number of halogens is 3. The number of aliphatic hydroxyl groups excluding tert-OH is 1. The van der Waals surface area contributed by atoms with Crippen LogP contribution in [0.5, 0.6) is 0 Å². The lowest BCUT2D eigenvalue weighted by atomic mass is 9.99. The SMILES string of the molecule is C[CH](C)[Mg][Br].OC(c1ccccc1)c1c[nH]nc1-c1cc(Cl)cc(Cl)c1. The third kappa shape index (κ3) is 6.25. The van der Waals surface area contributed by atoms with Crippen LogP contribution in [0.2, 0.25) is 14.1 Å². The summed E-state index contributed by atoms with van der Waals surface area (Å²) in [5, 5.41) is 18.6. The molecule has 0 spiro atoms. The van der Waals surface area contributed by atoms with Crippen molar-refractivity contribution in [1.82, 2.24) is 10.2 Å². The minimum atomic E-state index is -0.766. The molecule has 3 nitrogen and oxygen atoms in total. The van der Waals surface area contributed by atoms with Gasteiger partial charge in [0.05, 0.1) is 5.69 Å². The number of aromatic nitrogens is 2. The van der Waals surface area contributed by atoms with E-state index in [4.69, 9.17) is 23.2 Å². The fourth-order valence-electron chi connectivity index (χ4n) is 2.24. The van der Waals surface area contributed by atoms with Crippen LogP contribution in [-0.2, 0) is 0 Å². The average molecular weight is 466 g/mol. The Morgan fingerprint density at radius 1 is 1.08 bits per heavy atom. The van der Waals surface area contributed by atoms with Crippen molar-refractivity contribution in [2.24, 2.45) is 0 Å². The molecule has 0 radical (unpaired) electrons. The molecule has 134 valence electrons. The Bertz CT molecular complexity index is 807. The molecule has 0 fully saturated rings. The molecule has 26 heavy (non-hydrogen) atoms. The molecule has 3 rings (SSSR count). The standard InChI is InChI=1S/C16H12Cl2N2O.C3H7.BrH.Mg/c17-12-6-11(7-13(18)8-12)15-14(9-19-20-15)16(21)10-4-2-1-3-5-10;1-3-2;;/h1-9,16,21H,(H,19,20);3H,1-2H3;1H;/q;;;+1/p-1. The van der Waals surface area contributed by atoms with Crippen LogP contribution in [0.4, 0.5) is 0 Å². The molecule has 0 saturated heterocycles. The molecule has 3 aromatic rings. The normalized spacial score (nSPS) is 11.5. The highest BCUT2D eigenvalue weighted by atomic mass is 79.9. The van der Waals surface area contributed by atoms with Gasteiger partial charge in [-0.05, 0) is 23.8 Å². The molecule has 1 heterocycles. The summed E-state index contributed by atoms with van der Waals surface area (Å²) >= 11 is 15.7. The number of benzene rings is 2. The highest BCUT2D eigenvalue weighted by molar-refractivity contribution is 9.23. The van der Waals surface area contributed by atoms with Crippen molar-refractivity contribution in [2.45, 2.75) is 24.0 Å². The summed E-state index contributed by atoms with van der Waals surface area (Å²) in [5.74, 6) is 0. The zero-order valence-corrected chi connectivity index (χ0v) is 19.1. The fraction of sp³-hybridized carbons (Fsp3) is 0.211. The smallest absolute Gasteiger partial charge is 0.384 e. The summed E-state index contributed by atoms with van der Waals surface area (Å²) in [6.07, 6.45) is 0.916. The van der Waals surface area contributed by atoms with Gasteiger partial charge < -0.3 is 18.0 Å².